The summed E-state index contributed by atoms with van der Waals surface area (Å²) in [6.45, 7) is 3.11. The number of hydrogen-bond acceptors (Lipinski definition) is 8. The first-order valence-electron chi connectivity index (χ1n) is 12.7. The van der Waals surface area contributed by atoms with Crippen LogP contribution in [0.3, 0.4) is 0 Å². The van der Waals surface area contributed by atoms with Crippen molar-refractivity contribution in [3.05, 3.63) is 54.6 Å². The lowest BCUT2D eigenvalue weighted by Gasteiger charge is -2.29. The van der Waals surface area contributed by atoms with E-state index in [1.54, 1.807) is 12.4 Å². The van der Waals surface area contributed by atoms with E-state index in [4.69, 9.17) is 19.4 Å². The Balaban J connectivity index is 1.56. The summed E-state index contributed by atoms with van der Waals surface area (Å²) in [5.74, 6) is 0.0592. The molecule has 0 radical (unpaired) electrons. The van der Waals surface area contributed by atoms with Gasteiger partial charge in [-0.05, 0) is 55.2 Å². The van der Waals surface area contributed by atoms with Gasteiger partial charge in [0.25, 0.3) is 0 Å². The Kier molecular flexibility index (Phi) is 6.58. The van der Waals surface area contributed by atoms with Crippen LogP contribution in [0.2, 0.25) is 0 Å². The first-order valence-corrected chi connectivity index (χ1v) is 14.6. The predicted molar refractivity (Wildman–Crippen MR) is 141 cm³/mol. The average Bonchev–Trinajstić information content (AvgIpc) is 3.42. The van der Waals surface area contributed by atoms with Gasteiger partial charge in [-0.15, -0.1) is 0 Å². The van der Waals surface area contributed by atoms with Crippen molar-refractivity contribution in [1.29, 1.82) is 0 Å². The molecule has 0 spiro atoms. The number of halogens is 1. The highest BCUT2D eigenvalue weighted by molar-refractivity contribution is 7.90. The van der Waals surface area contributed by atoms with E-state index >= 15 is 4.39 Å². The zero-order valence-corrected chi connectivity index (χ0v) is 21.8. The minimum Gasteiger partial charge on any atom is -0.378 e. The lowest BCUT2D eigenvalue weighted by atomic mass is 9.99. The second kappa shape index (κ2) is 10.0. The number of aromatic nitrogens is 4. The van der Waals surface area contributed by atoms with Crippen LogP contribution in [-0.2, 0) is 19.3 Å². The number of pyridine rings is 2. The molecule has 0 bridgehead atoms. The molecule has 0 amide bonds. The van der Waals surface area contributed by atoms with Crippen LogP contribution < -0.4 is 4.90 Å². The fourth-order valence-corrected chi connectivity index (χ4v) is 5.73. The maximum absolute atomic E-state index is 15.5. The quantitative estimate of drug-likeness (QED) is 0.373. The Morgan fingerprint density at radius 3 is 2.58 bits per heavy atom. The van der Waals surface area contributed by atoms with Gasteiger partial charge in [-0.3, -0.25) is 4.98 Å². The van der Waals surface area contributed by atoms with Gasteiger partial charge >= 0.3 is 0 Å². The number of ether oxygens (including phenoxy) is 2. The first-order chi connectivity index (χ1) is 18.4. The monoisotopic (exact) mass is 537 g/mol. The molecule has 2 aliphatic heterocycles. The van der Waals surface area contributed by atoms with Gasteiger partial charge in [0, 0.05) is 49.3 Å². The van der Waals surface area contributed by atoms with Crippen LogP contribution in [0, 0.1) is 5.82 Å². The van der Waals surface area contributed by atoms with Crippen LogP contribution in [0.15, 0.2) is 53.7 Å². The molecule has 0 N–H and O–H groups in total. The number of nitrogens with zero attached hydrogens (tertiary/aromatic N) is 5. The maximum Gasteiger partial charge on any atom is 0.175 e. The topological polar surface area (TPSA) is 99.4 Å². The summed E-state index contributed by atoms with van der Waals surface area (Å²) in [4.78, 5) is 11.8. The van der Waals surface area contributed by atoms with E-state index in [1.165, 1.54) is 12.1 Å². The van der Waals surface area contributed by atoms with Crippen molar-refractivity contribution in [2.24, 2.45) is 0 Å². The molecule has 1 aromatic carbocycles. The molecule has 9 nitrogen and oxygen atoms in total. The van der Waals surface area contributed by atoms with Crippen LogP contribution in [0.5, 0.6) is 0 Å². The second-order valence-electron chi connectivity index (χ2n) is 9.58. The highest BCUT2D eigenvalue weighted by Crippen LogP contribution is 2.38. The molecule has 198 valence electrons. The van der Waals surface area contributed by atoms with E-state index in [0.29, 0.717) is 66.5 Å². The van der Waals surface area contributed by atoms with Crippen molar-refractivity contribution in [3.8, 4) is 22.5 Å². The molecule has 1 unspecified atom stereocenters. The molecule has 5 heterocycles. The summed E-state index contributed by atoms with van der Waals surface area (Å²) in [5, 5.41) is 5.25. The SMILES string of the molecule is CS(=O)(=O)c1ccc(-c2cc(N3CCOCC3)nc3c(-c4ccnn4C4CCCCO4)nccc23)c(F)c1. The number of rotatable bonds is 5. The van der Waals surface area contributed by atoms with E-state index in [-0.39, 0.29) is 11.1 Å². The Morgan fingerprint density at radius 1 is 1.00 bits per heavy atom. The normalized spacial score (nSPS) is 18.7. The summed E-state index contributed by atoms with van der Waals surface area (Å²) in [6.07, 6.45) is 7.22. The summed E-state index contributed by atoms with van der Waals surface area (Å²) >= 11 is 0. The number of hydrogen-bond donors (Lipinski definition) is 0. The van der Waals surface area contributed by atoms with Gasteiger partial charge in [-0.25, -0.2) is 22.5 Å². The Labute approximate surface area is 220 Å². The molecule has 2 aliphatic rings. The van der Waals surface area contributed by atoms with Gasteiger partial charge in [0.1, 0.15) is 22.8 Å². The lowest BCUT2D eigenvalue weighted by molar-refractivity contribution is -0.0383. The van der Waals surface area contributed by atoms with Crippen molar-refractivity contribution < 1.29 is 22.3 Å². The fourth-order valence-electron chi connectivity index (χ4n) is 5.10. The van der Waals surface area contributed by atoms with Crippen LogP contribution in [0.1, 0.15) is 25.5 Å². The number of morpholine rings is 1. The molecule has 11 heteroatoms. The molecule has 6 rings (SSSR count). The standard InChI is InChI=1S/C27H28FN5O4S/c1-38(34,35)18-5-6-19(22(28)16-18)21-17-24(32-11-14-36-15-12-32)31-26-20(21)7-9-29-27(26)23-8-10-30-33(23)25-4-2-3-13-37-25/h5-10,16-17,25H,2-4,11-15H2,1H3. The summed E-state index contributed by atoms with van der Waals surface area (Å²) in [5.41, 5.74) is 2.90. The molecular weight excluding hydrogens is 509 g/mol. The van der Waals surface area contributed by atoms with Gasteiger partial charge < -0.3 is 14.4 Å². The van der Waals surface area contributed by atoms with E-state index < -0.39 is 15.7 Å². The summed E-state index contributed by atoms with van der Waals surface area (Å²) in [7, 11) is -3.55. The van der Waals surface area contributed by atoms with E-state index in [0.717, 1.165) is 37.3 Å². The van der Waals surface area contributed by atoms with Gasteiger partial charge in [0.05, 0.1) is 23.8 Å². The number of fused-ring (bicyclic) bond motifs is 1. The molecule has 2 fully saturated rings. The third-order valence-electron chi connectivity index (χ3n) is 7.05. The lowest BCUT2D eigenvalue weighted by Crippen LogP contribution is -2.36. The maximum atomic E-state index is 15.5. The van der Waals surface area contributed by atoms with Crippen molar-refractivity contribution >= 4 is 26.6 Å². The van der Waals surface area contributed by atoms with E-state index in [2.05, 4.69) is 10.00 Å². The number of sulfone groups is 1. The molecule has 38 heavy (non-hydrogen) atoms. The Bertz CT molecular complexity index is 1590. The Hall–Kier alpha value is -3.41. The number of anilines is 1. The molecule has 3 aromatic heterocycles. The zero-order chi connectivity index (χ0) is 26.3. The van der Waals surface area contributed by atoms with Crippen molar-refractivity contribution in [2.45, 2.75) is 30.4 Å². The molecule has 0 saturated carbocycles. The van der Waals surface area contributed by atoms with Crippen LogP contribution in [0.25, 0.3) is 33.4 Å². The molecular formula is C27H28FN5O4S. The summed E-state index contributed by atoms with van der Waals surface area (Å²) < 4.78 is 52.9. The third kappa shape index (κ3) is 4.65. The number of benzene rings is 1. The largest absolute Gasteiger partial charge is 0.378 e. The first kappa shape index (κ1) is 24.9. The van der Waals surface area contributed by atoms with Gasteiger partial charge in [-0.1, -0.05) is 6.07 Å². The molecule has 2 saturated heterocycles. The third-order valence-corrected chi connectivity index (χ3v) is 8.16. The second-order valence-corrected chi connectivity index (χ2v) is 11.6. The highest BCUT2D eigenvalue weighted by Gasteiger charge is 2.24. The highest BCUT2D eigenvalue weighted by atomic mass is 32.2. The van der Waals surface area contributed by atoms with Gasteiger partial charge in [0.2, 0.25) is 0 Å². The van der Waals surface area contributed by atoms with Crippen molar-refractivity contribution in [3.63, 3.8) is 0 Å². The summed E-state index contributed by atoms with van der Waals surface area (Å²) in [6, 6.07) is 9.59. The van der Waals surface area contributed by atoms with Crippen molar-refractivity contribution in [2.75, 3.05) is 44.1 Å². The smallest absolute Gasteiger partial charge is 0.175 e. The molecule has 0 aliphatic carbocycles. The zero-order valence-electron chi connectivity index (χ0n) is 21.0. The average molecular weight is 538 g/mol. The minimum atomic E-state index is -3.55. The minimum absolute atomic E-state index is 0.0655. The van der Waals surface area contributed by atoms with Gasteiger partial charge in [0.15, 0.2) is 16.1 Å². The molecule has 1 atom stereocenters. The van der Waals surface area contributed by atoms with Crippen LogP contribution >= 0.6 is 0 Å². The van der Waals surface area contributed by atoms with Crippen LogP contribution in [-0.4, -0.2) is 67.3 Å². The fraction of sp³-hybridized carbons (Fsp3) is 0.370. The molecule has 4 aromatic rings. The predicted octanol–water partition coefficient (Wildman–Crippen LogP) is 4.24. The van der Waals surface area contributed by atoms with Crippen LogP contribution in [0.4, 0.5) is 10.2 Å². The van der Waals surface area contributed by atoms with Gasteiger partial charge in [-0.2, -0.15) is 5.10 Å². The van der Waals surface area contributed by atoms with Crippen molar-refractivity contribution in [1.82, 2.24) is 19.7 Å². The Morgan fingerprint density at radius 2 is 1.84 bits per heavy atom. The van der Waals surface area contributed by atoms with E-state index in [1.807, 2.05) is 22.9 Å². The van der Waals surface area contributed by atoms with E-state index in [9.17, 15) is 8.42 Å².